The fourth-order valence-electron chi connectivity index (χ4n) is 1.75. The summed E-state index contributed by atoms with van der Waals surface area (Å²) in [5.74, 6) is 4.30. The quantitative estimate of drug-likeness (QED) is 0.682. The highest BCUT2D eigenvalue weighted by molar-refractivity contribution is 5.90. The first-order valence-corrected chi connectivity index (χ1v) is 7.39. The second-order valence-corrected chi connectivity index (χ2v) is 6.23. The van der Waals surface area contributed by atoms with Crippen molar-refractivity contribution < 1.29 is 19.1 Å². The first-order valence-electron chi connectivity index (χ1n) is 7.39. The van der Waals surface area contributed by atoms with Gasteiger partial charge < -0.3 is 14.8 Å². The van der Waals surface area contributed by atoms with E-state index in [0.29, 0.717) is 11.1 Å². The van der Waals surface area contributed by atoms with Gasteiger partial charge in [0.2, 0.25) is 0 Å². The second kappa shape index (κ2) is 8.08. The maximum absolute atomic E-state index is 12.1. The maximum atomic E-state index is 12.1. The molecule has 0 aliphatic heterocycles. The van der Waals surface area contributed by atoms with E-state index >= 15 is 0 Å². The number of carbonyl (C=O) groups excluding carboxylic acids is 2. The summed E-state index contributed by atoms with van der Waals surface area (Å²) in [6, 6.07) is 4.26. The van der Waals surface area contributed by atoms with Gasteiger partial charge in [-0.25, -0.2) is 9.59 Å². The topological polar surface area (TPSA) is 64.6 Å². The Morgan fingerprint density at radius 1 is 1.17 bits per heavy atom. The highest BCUT2D eigenvalue weighted by Gasteiger charge is 2.18. The average Bonchev–Trinajstić information content (AvgIpc) is 2.49. The van der Waals surface area contributed by atoms with Gasteiger partial charge in [0.25, 0.3) is 0 Å². The maximum Gasteiger partial charge on any atom is 0.407 e. The van der Waals surface area contributed by atoms with Crippen LogP contribution >= 0.6 is 0 Å². The fraction of sp³-hybridized carbons (Fsp3) is 0.368. The van der Waals surface area contributed by atoms with Gasteiger partial charge in [0.05, 0.1) is 11.6 Å². The number of terminal acetylenes is 2. The number of nitrogens with one attached hydrogen (secondary N) is 1. The highest BCUT2D eigenvalue weighted by Crippen LogP contribution is 2.11. The number of rotatable bonds is 4. The van der Waals surface area contributed by atoms with Crippen LogP contribution in [-0.2, 0) is 9.47 Å². The zero-order valence-corrected chi connectivity index (χ0v) is 14.3. The molecule has 1 rings (SSSR count). The lowest BCUT2D eigenvalue weighted by Gasteiger charge is -2.21. The minimum Gasteiger partial charge on any atom is -0.460 e. The van der Waals surface area contributed by atoms with Crippen molar-refractivity contribution in [2.45, 2.75) is 39.3 Å². The van der Waals surface area contributed by atoms with E-state index in [1.54, 1.807) is 33.8 Å². The molecule has 0 bridgehead atoms. The largest absolute Gasteiger partial charge is 0.460 e. The van der Waals surface area contributed by atoms with Crippen molar-refractivity contribution in [2.75, 3.05) is 6.61 Å². The van der Waals surface area contributed by atoms with E-state index in [1.807, 2.05) is 0 Å². The van der Waals surface area contributed by atoms with E-state index in [1.165, 1.54) is 12.1 Å². The molecular weight excluding hydrogens is 306 g/mol. The molecule has 5 heteroatoms. The molecule has 1 aromatic carbocycles. The summed E-state index contributed by atoms with van der Waals surface area (Å²) >= 11 is 0. The van der Waals surface area contributed by atoms with E-state index in [4.69, 9.17) is 22.3 Å². The standard InChI is InChI=1S/C19H21NO4/c1-7-14-9-15(8-2)11-16(10-14)17(21)23-12-13(3)20-18(22)24-19(4,5)6/h1-2,9-11,13H,12H2,3-6H3,(H,20,22)/t13-/m0/s1. The van der Waals surface area contributed by atoms with Gasteiger partial charge in [0, 0.05) is 11.1 Å². The van der Waals surface area contributed by atoms with Crippen LogP contribution in [0.15, 0.2) is 18.2 Å². The summed E-state index contributed by atoms with van der Waals surface area (Å²) in [4.78, 5) is 23.7. The van der Waals surface area contributed by atoms with Crippen molar-refractivity contribution in [1.82, 2.24) is 5.32 Å². The third-order valence-corrected chi connectivity index (χ3v) is 2.73. The van der Waals surface area contributed by atoms with Crippen LogP contribution in [0.1, 0.15) is 49.2 Å². The van der Waals surface area contributed by atoms with Crippen molar-refractivity contribution in [3.63, 3.8) is 0 Å². The first kappa shape index (κ1) is 19.1. The lowest BCUT2D eigenvalue weighted by atomic mass is 10.1. The van der Waals surface area contributed by atoms with Crippen molar-refractivity contribution in [2.24, 2.45) is 0 Å². The number of benzene rings is 1. The lowest BCUT2D eigenvalue weighted by molar-refractivity contribution is 0.0381. The average molecular weight is 327 g/mol. The molecule has 0 spiro atoms. The molecule has 0 fully saturated rings. The van der Waals surface area contributed by atoms with Crippen molar-refractivity contribution in [3.8, 4) is 24.7 Å². The van der Waals surface area contributed by atoms with Crippen LogP contribution in [0.3, 0.4) is 0 Å². The number of amides is 1. The zero-order valence-electron chi connectivity index (χ0n) is 14.3. The van der Waals surface area contributed by atoms with Gasteiger partial charge in [-0.1, -0.05) is 11.8 Å². The third-order valence-electron chi connectivity index (χ3n) is 2.73. The van der Waals surface area contributed by atoms with Gasteiger partial charge in [0.15, 0.2) is 0 Å². The van der Waals surface area contributed by atoms with Crippen LogP contribution in [0.2, 0.25) is 0 Å². The molecule has 1 atom stereocenters. The molecule has 0 unspecified atom stereocenters. The summed E-state index contributed by atoms with van der Waals surface area (Å²) in [6.45, 7) is 6.97. The van der Waals surface area contributed by atoms with E-state index in [9.17, 15) is 9.59 Å². The molecule has 1 N–H and O–H groups in total. The summed E-state index contributed by atoms with van der Waals surface area (Å²) in [5.41, 5.74) is 0.666. The van der Waals surface area contributed by atoms with Crippen LogP contribution in [0, 0.1) is 24.7 Å². The van der Waals surface area contributed by atoms with Crippen LogP contribution in [-0.4, -0.2) is 30.3 Å². The molecular formula is C19H21NO4. The minimum atomic E-state index is -0.595. The second-order valence-electron chi connectivity index (χ2n) is 6.23. The normalized spacial score (nSPS) is 11.6. The Labute approximate surface area is 142 Å². The number of alkyl carbamates (subject to hydrolysis) is 1. The molecule has 0 aliphatic carbocycles. The number of carbonyl (C=O) groups is 2. The Morgan fingerprint density at radius 2 is 1.71 bits per heavy atom. The molecule has 0 heterocycles. The number of esters is 1. The SMILES string of the molecule is C#Cc1cc(C#C)cc(C(=O)OC[C@H](C)NC(=O)OC(C)(C)C)c1. The van der Waals surface area contributed by atoms with Crippen LogP contribution in [0.5, 0.6) is 0 Å². The van der Waals surface area contributed by atoms with E-state index < -0.39 is 23.7 Å². The van der Waals surface area contributed by atoms with E-state index in [-0.39, 0.29) is 12.2 Å². The third kappa shape index (κ3) is 6.46. The molecule has 0 aliphatic rings. The summed E-state index contributed by atoms with van der Waals surface area (Å²) in [7, 11) is 0. The summed E-state index contributed by atoms with van der Waals surface area (Å²) < 4.78 is 10.3. The smallest absolute Gasteiger partial charge is 0.407 e. The van der Waals surface area contributed by atoms with Gasteiger partial charge in [-0.15, -0.1) is 12.8 Å². The Morgan fingerprint density at radius 3 is 2.17 bits per heavy atom. The number of hydrogen-bond donors (Lipinski definition) is 1. The minimum absolute atomic E-state index is 0.0102. The molecule has 1 aromatic rings. The van der Waals surface area contributed by atoms with Gasteiger partial charge in [-0.2, -0.15) is 0 Å². The van der Waals surface area contributed by atoms with Crippen LogP contribution in [0.25, 0.3) is 0 Å². The molecule has 1 amide bonds. The molecule has 24 heavy (non-hydrogen) atoms. The predicted octanol–water partition coefficient (Wildman–Crippen LogP) is 2.72. The monoisotopic (exact) mass is 327 g/mol. The highest BCUT2D eigenvalue weighted by atomic mass is 16.6. The Hall–Kier alpha value is -2.92. The van der Waals surface area contributed by atoms with Gasteiger partial charge in [-0.3, -0.25) is 0 Å². The van der Waals surface area contributed by atoms with E-state index in [2.05, 4.69) is 17.2 Å². The molecule has 0 saturated heterocycles. The van der Waals surface area contributed by atoms with Crippen molar-refractivity contribution in [3.05, 3.63) is 34.9 Å². The number of ether oxygens (including phenoxy) is 2. The molecule has 126 valence electrons. The Balaban J connectivity index is 2.62. The Bertz CT molecular complexity index is 669. The molecule has 0 radical (unpaired) electrons. The van der Waals surface area contributed by atoms with Crippen molar-refractivity contribution in [1.29, 1.82) is 0 Å². The summed E-state index contributed by atoms with van der Waals surface area (Å²) in [5, 5.41) is 2.59. The van der Waals surface area contributed by atoms with Crippen LogP contribution < -0.4 is 5.32 Å². The lowest BCUT2D eigenvalue weighted by Crippen LogP contribution is -2.40. The van der Waals surface area contributed by atoms with Gasteiger partial charge in [-0.05, 0) is 45.9 Å². The molecule has 0 saturated carbocycles. The molecule has 0 aromatic heterocycles. The van der Waals surface area contributed by atoms with Gasteiger partial charge >= 0.3 is 12.1 Å². The fourth-order valence-corrected chi connectivity index (χ4v) is 1.75. The van der Waals surface area contributed by atoms with Gasteiger partial charge in [0.1, 0.15) is 12.2 Å². The van der Waals surface area contributed by atoms with E-state index in [0.717, 1.165) is 0 Å². The predicted molar refractivity (Wildman–Crippen MR) is 91.4 cm³/mol. The zero-order chi connectivity index (χ0) is 18.3. The number of hydrogen-bond acceptors (Lipinski definition) is 4. The summed E-state index contributed by atoms with van der Waals surface area (Å²) in [6.07, 6.45) is 10.1. The van der Waals surface area contributed by atoms with Crippen LogP contribution in [0.4, 0.5) is 4.79 Å². The Kier molecular flexibility index (Phi) is 6.44. The van der Waals surface area contributed by atoms with Crippen molar-refractivity contribution >= 4 is 12.1 Å². The first-order chi connectivity index (χ1) is 11.1. The molecule has 5 nitrogen and oxygen atoms in total.